The Morgan fingerprint density at radius 3 is 3.00 bits per heavy atom. The van der Waals surface area contributed by atoms with Crippen LogP contribution < -0.4 is 9.47 Å². The highest BCUT2D eigenvalue weighted by Crippen LogP contribution is 2.36. The van der Waals surface area contributed by atoms with Crippen molar-refractivity contribution in [2.45, 2.75) is 26.4 Å². The van der Waals surface area contributed by atoms with Crippen LogP contribution in [0.25, 0.3) is 6.08 Å². The second-order valence-electron chi connectivity index (χ2n) is 5.12. The zero-order valence-corrected chi connectivity index (χ0v) is 13.3. The zero-order chi connectivity index (χ0) is 16.8. The summed E-state index contributed by atoms with van der Waals surface area (Å²) >= 11 is 0. The van der Waals surface area contributed by atoms with E-state index in [1.807, 2.05) is 26.0 Å². The van der Waals surface area contributed by atoms with E-state index >= 15 is 0 Å². The van der Waals surface area contributed by atoms with Crippen molar-refractivity contribution in [1.29, 1.82) is 5.26 Å². The minimum Gasteiger partial charge on any atom is -0.493 e. The van der Waals surface area contributed by atoms with Crippen LogP contribution in [-0.4, -0.2) is 25.3 Å². The number of carbonyl (C=O) groups is 1. The molecule has 1 heterocycles. The third-order valence-electron chi connectivity index (χ3n) is 3.30. The molecule has 5 nitrogen and oxygen atoms in total. The smallest absolute Gasteiger partial charge is 0.349 e. The van der Waals surface area contributed by atoms with Gasteiger partial charge in [-0.1, -0.05) is 12.7 Å². The van der Waals surface area contributed by atoms with Gasteiger partial charge in [0.1, 0.15) is 35.9 Å². The first-order valence-electron chi connectivity index (χ1n) is 7.45. The van der Waals surface area contributed by atoms with Gasteiger partial charge >= 0.3 is 5.97 Å². The van der Waals surface area contributed by atoms with Crippen molar-refractivity contribution >= 4 is 12.0 Å². The number of fused-ring (bicyclic) bond motifs is 1. The lowest BCUT2D eigenvalue weighted by Gasteiger charge is -2.10. The number of rotatable bonds is 6. The lowest BCUT2D eigenvalue weighted by molar-refractivity contribution is -0.137. The molecule has 0 bridgehead atoms. The quantitative estimate of drug-likeness (QED) is 0.349. The third-order valence-corrected chi connectivity index (χ3v) is 3.30. The molecule has 0 saturated heterocycles. The first kappa shape index (κ1) is 16.6. The number of hydrogen-bond acceptors (Lipinski definition) is 5. The molecule has 1 aliphatic heterocycles. The van der Waals surface area contributed by atoms with Gasteiger partial charge in [-0.25, -0.2) is 4.79 Å². The van der Waals surface area contributed by atoms with Gasteiger partial charge < -0.3 is 14.2 Å². The highest BCUT2D eigenvalue weighted by atomic mass is 16.5. The average Bonchev–Trinajstić information content (AvgIpc) is 2.89. The van der Waals surface area contributed by atoms with E-state index < -0.39 is 5.97 Å². The summed E-state index contributed by atoms with van der Waals surface area (Å²) in [5, 5.41) is 9.20. The van der Waals surface area contributed by atoms with E-state index in [9.17, 15) is 10.1 Å². The number of carbonyl (C=O) groups excluding carboxylic acids is 1. The summed E-state index contributed by atoms with van der Waals surface area (Å²) in [4.78, 5) is 11.9. The predicted octanol–water partition coefficient (Wildman–Crippen LogP) is 3.04. The lowest BCUT2D eigenvalue weighted by Crippen LogP contribution is -2.07. The number of hydrogen-bond donors (Lipinski definition) is 0. The van der Waals surface area contributed by atoms with Gasteiger partial charge in [0.05, 0.1) is 6.61 Å². The number of esters is 1. The predicted molar refractivity (Wildman–Crippen MR) is 86.2 cm³/mol. The van der Waals surface area contributed by atoms with Crippen LogP contribution in [0.15, 0.2) is 30.4 Å². The number of ether oxygens (including phenoxy) is 3. The Labute approximate surface area is 135 Å². The highest BCUT2D eigenvalue weighted by molar-refractivity contribution is 5.98. The maximum absolute atomic E-state index is 11.9. The molecule has 0 aromatic heterocycles. The van der Waals surface area contributed by atoms with E-state index in [2.05, 4.69) is 6.58 Å². The van der Waals surface area contributed by atoms with E-state index in [1.54, 1.807) is 6.07 Å². The Kier molecular flexibility index (Phi) is 5.42. The Bertz CT molecular complexity index is 685. The molecule has 1 atom stereocenters. The SMILES string of the molecule is C=CCOC(=O)/C(C#N)=C/c1cc2c(cc1OCC)C[C@@H](C)O2. The normalized spacial score (nSPS) is 16.0. The third kappa shape index (κ3) is 3.92. The van der Waals surface area contributed by atoms with Gasteiger partial charge in [0.2, 0.25) is 0 Å². The molecule has 0 N–H and O–H groups in total. The molecule has 0 spiro atoms. The van der Waals surface area contributed by atoms with Gasteiger partial charge in [-0.05, 0) is 32.1 Å². The molecule has 1 aromatic rings. The number of benzene rings is 1. The van der Waals surface area contributed by atoms with Crippen molar-refractivity contribution in [3.05, 3.63) is 41.5 Å². The Morgan fingerprint density at radius 1 is 1.57 bits per heavy atom. The first-order valence-corrected chi connectivity index (χ1v) is 7.45. The van der Waals surface area contributed by atoms with E-state index in [0.717, 1.165) is 17.7 Å². The van der Waals surface area contributed by atoms with Crippen molar-refractivity contribution in [3.63, 3.8) is 0 Å². The fraction of sp³-hybridized carbons (Fsp3) is 0.333. The molecular weight excluding hydrogens is 294 g/mol. The molecule has 1 aromatic carbocycles. The fourth-order valence-corrected chi connectivity index (χ4v) is 2.35. The van der Waals surface area contributed by atoms with Gasteiger partial charge in [0.15, 0.2) is 0 Å². The summed E-state index contributed by atoms with van der Waals surface area (Å²) in [5.74, 6) is 0.682. The first-order chi connectivity index (χ1) is 11.1. The summed E-state index contributed by atoms with van der Waals surface area (Å²) < 4.78 is 16.3. The second-order valence-corrected chi connectivity index (χ2v) is 5.12. The Hall–Kier alpha value is -2.74. The molecule has 0 unspecified atom stereocenters. The molecule has 23 heavy (non-hydrogen) atoms. The maximum atomic E-state index is 11.9. The fourth-order valence-electron chi connectivity index (χ4n) is 2.35. The van der Waals surface area contributed by atoms with E-state index in [-0.39, 0.29) is 18.3 Å². The molecule has 5 heteroatoms. The summed E-state index contributed by atoms with van der Waals surface area (Å²) in [6, 6.07) is 5.56. The van der Waals surface area contributed by atoms with Gasteiger partial charge in [0.25, 0.3) is 0 Å². The molecule has 0 radical (unpaired) electrons. The van der Waals surface area contributed by atoms with Crippen molar-refractivity contribution in [2.75, 3.05) is 13.2 Å². The summed E-state index contributed by atoms with van der Waals surface area (Å²) in [5.41, 5.74) is 1.58. The minimum absolute atomic E-state index is 0.0565. The van der Waals surface area contributed by atoms with Gasteiger partial charge in [-0.15, -0.1) is 0 Å². The summed E-state index contributed by atoms with van der Waals surface area (Å²) in [7, 11) is 0. The molecule has 0 saturated carbocycles. The molecule has 1 aliphatic rings. The van der Waals surface area contributed by atoms with Crippen LogP contribution in [0.1, 0.15) is 25.0 Å². The van der Waals surface area contributed by atoms with E-state index in [4.69, 9.17) is 14.2 Å². The maximum Gasteiger partial charge on any atom is 0.349 e. The second kappa shape index (κ2) is 7.50. The summed E-state index contributed by atoms with van der Waals surface area (Å²) in [6.07, 6.45) is 3.82. The van der Waals surface area contributed by atoms with Crippen molar-refractivity contribution in [2.24, 2.45) is 0 Å². The lowest BCUT2D eigenvalue weighted by atomic mass is 10.0. The van der Waals surface area contributed by atoms with Crippen LogP contribution in [0, 0.1) is 11.3 Å². The average molecular weight is 313 g/mol. The molecule has 2 rings (SSSR count). The van der Waals surface area contributed by atoms with Crippen LogP contribution in [0.2, 0.25) is 0 Å². The minimum atomic E-state index is -0.690. The largest absolute Gasteiger partial charge is 0.493 e. The monoisotopic (exact) mass is 313 g/mol. The number of nitrogens with zero attached hydrogens (tertiary/aromatic N) is 1. The van der Waals surface area contributed by atoms with E-state index in [0.29, 0.717) is 17.9 Å². The highest BCUT2D eigenvalue weighted by Gasteiger charge is 2.22. The number of nitriles is 1. The van der Waals surface area contributed by atoms with Gasteiger partial charge in [-0.2, -0.15) is 5.26 Å². The molecule has 0 amide bonds. The van der Waals surface area contributed by atoms with Crippen LogP contribution in [0.5, 0.6) is 11.5 Å². The van der Waals surface area contributed by atoms with Gasteiger partial charge in [-0.3, -0.25) is 0 Å². The van der Waals surface area contributed by atoms with Gasteiger partial charge in [0, 0.05) is 17.5 Å². The van der Waals surface area contributed by atoms with Crippen molar-refractivity contribution in [3.8, 4) is 17.6 Å². The topological polar surface area (TPSA) is 68.6 Å². The molecule has 0 aliphatic carbocycles. The van der Waals surface area contributed by atoms with Crippen molar-refractivity contribution in [1.82, 2.24) is 0 Å². The van der Waals surface area contributed by atoms with E-state index in [1.165, 1.54) is 12.2 Å². The standard InChI is InChI=1S/C18H19NO4/c1-4-6-22-18(20)15(11-19)8-14-10-17-13(7-12(3)23-17)9-16(14)21-5-2/h4,8-10,12H,1,5-7H2,2-3H3/b15-8+/t12-/m1/s1. The van der Waals surface area contributed by atoms with Crippen LogP contribution in [-0.2, 0) is 16.0 Å². The summed E-state index contributed by atoms with van der Waals surface area (Å²) in [6.45, 7) is 7.88. The molecule has 0 fully saturated rings. The molecule has 120 valence electrons. The van der Waals surface area contributed by atoms with Crippen molar-refractivity contribution < 1.29 is 19.0 Å². The van der Waals surface area contributed by atoms with Crippen LogP contribution >= 0.6 is 0 Å². The van der Waals surface area contributed by atoms with Crippen LogP contribution in [0.3, 0.4) is 0 Å². The zero-order valence-electron chi connectivity index (χ0n) is 13.3. The Balaban J connectivity index is 2.38. The Morgan fingerprint density at radius 2 is 2.35 bits per heavy atom. The van der Waals surface area contributed by atoms with Crippen LogP contribution in [0.4, 0.5) is 0 Å². The molecular formula is C18H19NO4.